The smallest absolute Gasteiger partial charge is 0.333 e. The number of hydrogen-bond donors (Lipinski definition) is 1. The van der Waals surface area contributed by atoms with Gasteiger partial charge in [-0.1, -0.05) is 18.9 Å². The fraction of sp³-hybridized carbons (Fsp3) is 0.579. The van der Waals surface area contributed by atoms with E-state index in [9.17, 15) is 9.59 Å². The quantitative estimate of drug-likeness (QED) is 0.687. The van der Waals surface area contributed by atoms with Crippen molar-refractivity contribution in [1.29, 1.82) is 0 Å². The van der Waals surface area contributed by atoms with Gasteiger partial charge in [0.2, 0.25) is 5.91 Å². The van der Waals surface area contributed by atoms with Gasteiger partial charge in [0.1, 0.15) is 11.8 Å². The number of carbonyl (C=O) groups is 2. The first-order valence-electron chi connectivity index (χ1n) is 8.66. The monoisotopic (exact) mass is 315 g/mol. The molecule has 1 fully saturated rings. The summed E-state index contributed by atoms with van der Waals surface area (Å²) in [4.78, 5) is 23.1. The summed E-state index contributed by atoms with van der Waals surface area (Å²) in [7, 11) is 0. The molecular formula is C19H25NO3. The second-order valence-corrected chi connectivity index (χ2v) is 6.89. The Kier molecular flexibility index (Phi) is 4.69. The Hall–Kier alpha value is -1.84. The van der Waals surface area contributed by atoms with Crippen molar-refractivity contribution in [1.82, 2.24) is 5.32 Å². The Morgan fingerprint density at radius 3 is 2.78 bits per heavy atom. The van der Waals surface area contributed by atoms with Crippen LogP contribution in [0.1, 0.15) is 63.0 Å². The highest BCUT2D eigenvalue weighted by molar-refractivity contribution is 5.84. The summed E-state index contributed by atoms with van der Waals surface area (Å²) in [5, 5.41) is 2.56. The van der Waals surface area contributed by atoms with Gasteiger partial charge in [-0.2, -0.15) is 0 Å². The molecule has 0 bridgehead atoms. The Labute approximate surface area is 137 Å². The Morgan fingerprint density at radius 1 is 1.22 bits per heavy atom. The summed E-state index contributed by atoms with van der Waals surface area (Å²) in [5.41, 5.74) is 2.78. The first-order chi connectivity index (χ1) is 11.0. The number of nitrogens with one attached hydrogen (secondary N) is 1. The van der Waals surface area contributed by atoms with Crippen molar-refractivity contribution in [2.75, 3.05) is 0 Å². The van der Waals surface area contributed by atoms with Crippen molar-refractivity contribution in [2.45, 2.75) is 64.3 Å². The predicted octanol–water partition coefficient (Wildman–Crippen LogP) is 3.34. The lowest BCUT2D eigenvalue weighted by Crippen LogP contribution is -2.39. The van der Waals surface area contributed by atoms with Gasteiger partial charge in [0.25, 0.3) is 0 Å². The third-order valence-electron chi connectivity index (χ3n) is 5.20. The van der Waals surface area contributed by atoms with E-state index in [4.69, 9.17) is 4.74 Å². The highest BCUT2D eigenvalue weighted by Gasteiger charge is 2.31. The SMILES string of the molecule is CC(=O)NC(C)C(=O)Oc1ccc2c(c1)C1CCCCC1CC2. The van der Waals surface area contributed by atoms with Gasteiger partial charge in [-0.05, 0) is 67.7 Å². The second kappa shape index (κ2) is 6.73. The van der Waals surface area contributed by atoms with Crippen LogP contribution in [0.3, 0.4) is 0 Å². The number of aryl methyl sites for hydroxylation is 1. The van der Waals surface area contributed by atoms with Gasteiger partial charge in [-0.3, -0.25) is 4.79 Å². The number of hydrogen-bond acceptors (Lipinski definition) is 3. The van der Waals surface area contributed by atoms with Crippen LogP contribution in [0.15, 0.2) is 18.2 Å². The molecule has 1 amide bonds. The normalized spacial score (nSPS) is 24.1. The summed E-state index contributed by atoms with van der Waals surface area (Å²) in [5.74, 6) is 1.36. The van der Waals surface area contributed by atoms with E-state index < -0.39 is 12.0 Å². The van der Waals surface area contributed by atoms with Gasteiger partial charge in [0, 0.05) is 6.92 Å². The number of amides is 1. The summed E-state index contributed by atoms with van der Waals surface area (Å²) in [6, 6.07) is 5.40. The zero-order chi connectivity index (χ0) is 16.4. The maximum atomic E-state index is 12.1. The molecule has 0 aromatic heterocycles. The summed E-state index contributed by atoms with van der Waals surface area (Å²) in [6.45, 7) is 3.03. The van der Waals surface area contributed by atoms with E-state index >= 15 is 0 Å². The molecule has 1 aromatic rings. The number of carbonyl (C=O) groups excluding carboxylic acids is 2. The van der Waals surface area contributed by atoms with Gasteiger partial charge in [-0.15, -0.1) is 0 Å². The molecule has 0 aliphatic heterocycles. The van der Waals surface area contributed by atoms with Crippen molar-refractivity contribution < 1.29 is 14.3 Å². The fourth-order valence-corrected chi connectivity index (χ4v) is 4.08. The number of esters is 1. The lowest BCUT2D eigenvalue weighted by atomic mass is 9.68. The molecule has 1 aromatic carbocycles. The van der Waals surface area contributed by atoms with Gasteiger partial charge in [0.15, 0.2) is 0 Å². The third-order valence-corrected chi connectivity index (χ3v) is 5.20. The molecule has 1 N–H and O–H groups in total. The molecule has 4 heteroatoms. The van der Waals surface area contributed by atoms with E-state index in [2.05, 4.69) is 17.4 Å². The summed E-state index contributed by atoms with van der Waals surface area (Å²) < 4.78 is 5.47. The van der Waals surface area contributed by atoms with E-state index in [0.717, 1.165) is 12.3 Å². The number of ether oxygens (including phenoxy) is 1. The standard InChI is InChI=1S/C19H25NO3/c1-12(20-13(2)21)19(22)23-16-10-9-15-8-7-14-5-3-4-6-17(14)18(15)11-16/h9-12,14,17H,3-8H2,1-2H3,(H,20,21). The third kappa shape index (κ3) is 3.57. The van der Waals surface area contributed by atoms with Crippen LogP contribution in [-0.2, 0) is 16.0 Å². The summed E-state index contributed by atoms with van der Waals surface area (Å²) in [6.07, 6.45) is 7.64. The molecule has 1 saturated carbocycles. The first kappa shape index (κ1) is 16.0. The van der Waals surface area contributed by atoms with Gasteiger partial charge in [-0.25, -0.2) is 4.79 Å². The molecule has 0 heterocycles. The average molecular weight is 315 g/mol. The van der Waals surface area contributed by atoms with Crippen molar-refractivity contribution >= 4 is 11.9 Å². The van der Waals surface area contributed by atoms with Crippen molar-refractivity contribution in [3.63, 3.8) is 0 Å². The van der Waals surface area contributed by atoms with Crippen molar-refractivity contribution in [3.05, 3.63) is 29.3 Å². The van der Waals surface area contributed by atoms with Crippen LogP contribution in [0, 0.1) is 5.92 Å². The molecule has 124 valence electrons. The topological polar surface area (TPSA) is 55.4 Å². The Balaban J connectivity index is 1.75. The van der Waals surface area contributed by atoms with E-state index in [1.807, 2.05) is 6.07 Å². The highest BCUT2D eigenvalue weighted by atomic mass is 16.5. The largest absolute Gasteiger partial charge is 0.425 e. The lowest BCUT2D eigenvalue weighted by molar-refractivity contribution is -0.138. The van der Waals surface area contributed by atoms with Gasteiger partial charge < -0.3 is 10.1 Å². The van der Waals surface area contributed by atoms with E-state index in [0.29, 0.717) is 11.7 Å². The minimum Gasteiger partial charge on any atom is -0.425 e. The second-order valence-electron chi connectivity index (χ2n) is 6.89. The fourth-order valence-electron chi connectivity index (χ4n) is 4.08. The van der Waals surface area contributed by atoms with Crippen LogP contribution in [0.4, 0.5) is 0 Å². The number of rotatable bonds is 3. The van der Waals surface area contributed by atoms with Crippen LogP contribution in [0.2, 0.25) is 0 Å². The van der Waals surface area contributed by atoms with E-state index in [1.54, 1.807) is 6.92 Å². The number of fused-ring (bicyclic) bond motifs is 3. The molecule has 23 heavy (non-hydrogen) atoms. The number of benzene rings is 1. The summed E-state index contributed by atoms with van der Waals surface area (Å²) >= 11 is 0. The molecule has 0 spiro atoms. The van der Waals surface area contributed by atoms with Crippen LogP contribution < -0.4 is 10.1 Å². The molecule has 0 radical (unpaired) electrons. The van der Waals surface area contributed by atoms with Crippen LogP contribution in [0.5, 0.6) is 5.75 Å². The van der Waals surface area contributed by atoms with E-state index in [1.165, 1.54) is 50.2 Å². The zero-order valence-corrected chi connectivity index (χ0v) is 13.9. The molecule has 4 nitrogen and oxygen atoms in total. The molecule has 0 saturated heterocycles. The van der Waals surface area contributed by atoms with Crippen LogP contribution in [-0.4, -0.2) is 17.9 Å². The first-order valence-corrected chi connectivity index (χ1v) is 8.66. The zero-order valence-electron chi connectivity index (χ0n) is 13.9. The molecule has 3 rings (SSSR count). The maximum absolute atomic E-state index is 12.1. The molecule has 2 aliphatic rings. The molecular weight excluding hydrogens is 290 g/mol. The highest BCUT2D eigenvalue weighted by Crippen LogP contribution is 2.45. The van der Waals surface area contributed by atoms with Crippen LogP contribution in [0.25, 0.3) is 0 Å². The minimum atomic E-state index is -0.633. The predicted molar refractivity (Wildman–Crippen MR) is 88.4 cm³/mol. The molecule has 3 atom stereocenters. The van der Waals surface area contributed by atoms with Crippen molar-refractivity contribution in [2.24, 2.45) is 5.92 Å². The van der Waals surface area contributed by atoms with Gasteiger partial charge >= 0.3 is 5.97 Å². The van der Waals surface area contributed by atoms with Crippen LogP contribution >= 0.6 is 0 Å². The van der Waals surface area contributed by atoms with Gasteiger partial charge in [0.05, 0.1) is 0 Å². The van der Waals surface area contributed by atoms with Crippen molar-refractivity contribution in [3.8, 4) is 5.75 Å². The maximum Gasteiger partial charge on any atom is 0.333 e. The van der Waals surface area contributed by atoms with E-state index in [-0.39, 0.29) is 5.91 Å². The molecule has 2 aliphatic carbocycles. The Bertz CT molecular complexity index is 611. The average Bonchev–Trinajstić information content (AvgIpc) is 2.54. The Morgan fingerprint density at radius 2 is 2.00 bits per heavy atom. The minimum absolute atomic E-state index is 0.232. The molecule has 3 unspecified atom stereocenters. The lowest BCUT2D eigenvalue weighted by Gasteiger charge is -2.37.